The summed E-state index contributed by atoms with van der Waals surface area (Å²) >= 11 is 0. The lowest BCUT2D eigenvalue weighted by Crippen LogP contribution is -2.30. The van der Waals surface area contributed by atoms with Gasteiger partial charge in [-0.3, -0.25) is 9.08 Å². The van der Waals surface area contributed by atoms with E-state index in [9.17, 15) is 13.2 Å². The maximum atomic E-state index is 12.0. The van der Waals surface area contributed by atoms with E-state index in [-0.39, 0.29) is 11.4 Å². The summed E-state index contributed by atoms with van der Waals surface area (Å²) in [6.45, 7) is 1.98. The van der Waals surface area contributed by atoms with Crippen molar-refractivity contribution in [3.8, 4) is 6.07 Å². The first-order valence-corrected chi connectivity index (χ1v) is 8.64. The van der Waals surface area contributed by atoms with Crippen LogP contribution in [0.3, 0.4) is 0 Å². The molecule has 0 heterocycles. The monoisotopic (exact) mass is 357 g/mol. The molecule has 0 fully saturated rings. The van der Waals surface area contributed by atoms with Crippen molar-refractivity contribution in [1.29, 1.82) is 5.26 Å². The molecule has 0 aliphatic rings. The van der Waals surface area contributed by atoms with Crippen LogP contribution < -0.4 is 5.32 Å². The van der Waals surface area contributed by atoms with Gasteiger partial charge >= 0.3 is 10.1 Å². The smallest absolute Gasteiger partial charge is 0.346 e. The number of hydrogen-bond donors (Lipinski definition) is 1. The quantitative estimate of drug-likeness (QED) is 0.627. The molecule has 0 aromatic heterocycles. The van der Waals surface area contributed by atoms with Crippen molar-refractivity contribution in [2.45, 2.75) is 18.4 Å². The van der Waals surface area contributed by atoms with Crippen LogP contribution in [0.4, 0.5) is 0 Å². The average molecular weight is 357 g/mol. The summed E-state index contributed by atoms with van der Waals surface area (Å²) < 4.78 is 28.4. The van der Waals surface area contributed by atoms with E-state index in [0.717, 1.165) is 11.1 Å². The predicted molar refractivity (Wildman–Crippen MR) is 90.8 cm³/mol. The Labute approximate surface area is 145 Å². The van der Waals surface area contributed by atoms with Crippen LogP contribution in [0, 0.1) is 18.3 Å². The van der Waals surface area contributed by atoms with E-state index in [1.165, 1.54) is 18.2 Å². The SMILES string of the molecule is Cc1ccc(S(=O)(=O)ON=C(C#N)C(=O)NCc2ccccc2)cc1. The Kier molecular flexibility index (Phi) is 5.87. The largest absolute Gasteiger partial charge is 0.358 e. The number of nitriles is 1. The topological polar surface area (TPSA) is 109 Å². The fourth-order valence-electron chi connectivity index (χ4n) is 1.81. The lowest BCUT2D eigenvalue weighted by atomic mass is 10.2. The summed E-state index contributed by atoms with van der Waals surface area (Å²) in [5, 5.41) is 14.6. The first kappa shape index (κ1) is 18.2. The zero-order chi connectivity index (χ0) is 18.3. The number of rotatable bonds is 6. The first-order valence-electron chi connectivity index (χ1n) is 7.23. The third kappa shape index (κ3) is 5.16. The van der Waals surface area contributed by atoms with E-state index >= 15 is 0 Å². The van der Waals surface area contributed by atoms with Gasteiger partial charge in [0.05, 0.1) is 0 Å². The van der Waals surface area contributed by atoms with Gasteiger partial charge < -0.3 is 5.32 Å². The Morgan fingerprint density at radius 3 is 2.40 bits per heavy atom. The van der Waals surface area contributed by atoms with Crippen LogP contribution in [-0.2, 0) is 25.7 Å². The van der Waals surface area contributed by atoms with Crippen LogP contribution in [0.15, 0.2) is 64.6 Å². The molecular weight excluding hydrogens is 342 g/mol. The number of nitrogens with one attached hydrogen (secondary N) is 1. The standard InChI is InChI=1S/C17H15N3O4S/c1-13-7-9-15(10-8-13)25(22,23)24-20-16(11-18)17(21)19-12-14-5-3-2-4-6-14/h2-10H,12H2,1H3,(H,19,21). The number of carbonyl (C=O) groups excluding carboxylic acids is 1. The molecule has 1 N–H and O–H groups in total. The van der Waals surface area contributed by atoms with Crippen LogP contribution in [0.5, 0.6) is 0 Å². The highest BCUT2D eigenvalue weighted by molar-refractivity contribution is 7.86. The highest BCUT2D eigenvalue weighted by Gasteiger charge is 2.18. The van der Waals surface area contributed by atoms with Gasteiger partial charge in [-0.2, -0.15) is 13.7 Å². The van der Waals surface area contributed by atoms with Crippen molar-refractivity contribution in [3.63, 3.8) is 0 Å². The maximum absolute atomic E-state index is 12.0. The Morgan fingerprint density at radius 1 is 1.16 bits per heavy atom. The highest BCUT2D eigenvalue weighted by atomic mass is 32.2. The Morgan fingerprint density at radius 2 is 1.80 bits per heavy atom. The molecule has 0 spiro atoms. The molecule has 25 heavy (non-hydrogen) atoms. The molecule has 0 bridgehead atoms. The van der Waals surface area contributed by atoms with E-state index in [1.807, 2.05) is 6.07 Å². The molecule has 0 radical (unpaired) electrons. The Bertz CT molecular complexity index is 915. The van der Waals surface area contributed by atoms with Crippen LogP contribution in [-0.4, -0.2) is 20.0 Å². The van der Waals surface area contributed by atoms with Gasteiger partial charge in [0.15, 0.2) is 0 Å². The van der Waals surface area contributed by atoms with Crippen molar-refractivity contribution in [1.82, 2.24) is 5.32 Å². The summed E-state index contributed by atoms with van der Waals surface area (Å²) in [6, 6.07) is 16.4. The van der Waals surface area contributed by atoms with Gasteiger partial charge in [0.1, 0.15) is 11.0 Å². The summed E-state index contributed by atoms with van der Waals surface area (Å²) in [4.78, 5) is 11.8. The molecule has 1 amide bonds. The molecule has 2 aromatic carbocycles. The van der Waals surface area contributed by atoms with Gasteiger partial charge in [-0.05, 0) is 29.8 Å². The maximum Gasteiger partial charge on any atom is 0.358 e. The zero-order valence-electron chi connectivity index (χ0n) is 13.3. The fraction of sp³-hybridized carbons (Fsp3) is 0.118. The number of oxime groups is 1. The van der Waals surface area contributed by atoms with Crippen molar-refractivity contribution < 1.29 is 17.5 Å². The molecule has 0 saturated heterocycles. The van der Waals surface area contributed by atoms with Gasteiger partial charge in [0.2, 0.25) is 5.71 Å². The third-order valence-electron chi connectivity index (χ3n) is 3.15. The summed E-state index contributed by atoms with van der Waals surface area (Å²) in [5.74, 6) is -0.828. The van der Waals surface area contributed by atoms with Gasteiger partial charge in [0, 0.05) is 6.54 Å². The summed E-state index contributed by atoms with van der Waals surface area (Å²) in [5.41, 5.74) is 1.01. The Hall–Kier alpha value is -3.18. The van der Waals surface area contributed by atoms with Crippen molar-refractivity contribution in [2.75, 3.05) is 0 Å². The lowest BCUT2D eigenvalue weighted by Gasteiger charge is -2.04. The highest BCUT2D eigenvalue weighted by Crippen LogP contribution is 2.13. The molecule has 2 aromatic rings. The molecule has 0 saturated carbocycles. The molecule has 0 atom stereocenters. The second-order valence-corrected chi connectivity index (χ2v) is 6.59. The number of amides is 1. The van der Waals surface area contributed by atoms with E-state index < -0.39 is 21.7 Å². The molecule has 128 valence electrons. The molecule has 0 aliphatic carbocycles. The van der Waals surface area contributed by atoms with Gasteiger partial charge in [0.25, 0.3) is 5.91 Å². The molecular formula is C17H15N3O4S. The number of hydrogen-bond acceptors (Lipinski definition) is 6. The molecule has 7 nitrogen and oxygen atoms in total. The lowest BCUT2D eigenvalue weighted by molar-refractivity contribution is -0.114. The van der Waals surface area contributed by atoms with Crippen LogP contribution in [0.1, 0.15) is 11.1 Å². The minimum atomic E-state index is -4.20. The van der Waals surface area contributed by atoms with E-state index in [2.05, 4.69) is 14.8 Å². The fourth-order valence-corrected chi connectivity index (χ4v) is 2.54. The van der Waals surface area contributed by atoms with Gasteiger partial charge in [-0.25, -0.2) is 0 Å². The van der Waals surface area contributed by atoms with E-state index in [0.29, 0.717) is 0 Å². The first-order chi connectivity index (χ1) is 11.9. The average Bonchev–Trinajstić information content (AvgIpc) is 2.61. The van der Waals surface area contributed by atoms with Crippen molar-refractivity contribution in [3.05, 3.63) is 65.7 Å². The zero-order valence-corrected chi connectivity index (χ0v) is 14.2. The predicted octanol–water partition coefficient (Wildman–Crippen LogP) is 1.90. The molecule has 0 unspecified atom stereocenters. The van der Waals surface area contributed by atoms with Gasteiger partial charge in [-0.15, -0.1) is 0 Å². The third-order valence-corrected chi connectivity index (χ3v) is 4.27. The molecule has 8 heteroatoms. The van der Waals surface area contributed by atoms with Crippen LogP contribution >= 0.6 is 0 Å². The second kappa shape index (κ2) is 8.08. The van der Waals surface area contributed by atoms with Crippen LogP contribution in [0.25, 0.3) is 0 Å². The molecule has 2 rings (SSSR count). The van der Waals surface area contributed by atoms with Gasteiger partial charge in [-0.1, -0.05) is 48.0 Å². The summed E-state index contributed by atoms with van der Waals surface area (Å²) in [6.07, 6.45) is 0. The number of nitrogens with zero attached hydrogens (tertiary/aromatic N) is 2. The van der Waals surface area contributed by atoms with E-state index in [1.54, 1.807) is 43.3 Å². The number of aryl methyl sites for hydroxylation is 1. The summed E-state index contributed by atoms with van der Waals surface area (Å²) in [7, 11) is -4.20. The number of benzene rings is 2. The minimum Gasteiger partial charge on any atom is -0.346 e. The van der Waals surface area contributed by atoms with Crippen LogP contribution in [0.2, 0.25) is 0 Å². The molecule has 0 aliphatic heterocycles. The van der Waals surface area contributed by atoms with E-state index in [4.69, 9.17) is 5.26 Å². The van der Waals surface area contributed by atoms with Crippen molar-refractivity contribution in [2.24, 2.45) is 5.16 Å². The minimum absolute atomic E-state index is 0.121. The normalized spacial score (nSPS) is 11.4. The van der Waals surface area contributed by atoms with Crippen molar-refractivity contribution >= 4 is 21.7 Å². The second-order valence-electron chi connectivity index (χ2n) is 5.06. The Balaban J connectivity index is 2.05. The number of carbonyl (C=O) groups is 1.